The first kappa shape index (κ1) is 11.8. The van der Waals surface area contributed by atoms with Crippen LogP contribution in [0.4, 0.5) is 5.82 Å². The summed E-state index contributed by atoms with van der Waals surface area (Å²) < 4.78 is 5.35. The van der Waals surface area contributed by atoms with Crippen LogP contribution in [-0.2, 0) is 0 Å². The summed E-state index contributed by atoms with van der Waals surface area (Å²) in [5.74, 6) is 1.67. The number of anilines is 1. The lowest BCUT2D eigenvalue weighted by Crippen LogP contribution is -2.47. The van der Waals surface area contributed by atoms with Crippen molar-refractivity contribution in [2.45, 2.75) is 0 Å². The molecule has 1 aromatic carbocycles. The van der Waals surface area contributed by atoms with Crippen LogP contribution in [0.5, 0.6) is 0 Å². The van der Waals surface area contributed by atoms with E-state index in [-0.39, 0.29) is 0 Å². The average Bonchev–Trinajstić information content (AvgIpc) is 2.84. The van der Waals surface area contributed by atoms with Crippen LogP contribution in [0.3, 0.4) is 0 Å². The number of piperazine rings is 1. The van der Waals surface area contributed by atoms with E-state index in [1.54, 1.807) is 0 Å². The third-order valence-electron chi connectivity index (χ3n) is 3.43. The summed E-state index contributed by atoms with van der Waals surface area (Å²) in [7, 11) is 0. The molecule has 0 amide bonds. The number of halogens is 1. The molecule has 2 heterocycles. The van der Waals surface area contributed by atoms with E-state index in [0.717, 1.165) is 49.5 Å². The molecule has 1 aliphatic heterocycles. The SMILES string of the molecule is ClCCN1CCN(c2noc3ccccc23)CC1. The topological polar surface area (TPSA) is 32.5 Å². The Labute approximate surface area is 111 Å². The Morgan fingerprint density at radius 3 is 2.72 bits per heavy atom. The molecule has 18 heavy (non-hydrogen) atoms. The van der Waals surface area contributed by atoms with Crippen molar-refractivity contribution in [1.29, 1.82) is 0 Å². The minimum atomic E-state index is 0.701. The molecule has 1 saturated heterocycles. The lowest BCUT2D eigenvalue weighted by molar-refractivity contribution is 0.271. The van der Waals surface area contributed by atoms with Gasteiger partial charge in [-0.05, 0) is 12.1 Å². The highest BCUT2D eigenvalue weighted by molar-refractivity contribution is 6.18. The normalized spacial score (nSPS) is 17.5. The molecule has 0 radical (unpaired) electrons. The first-order chi connectivity index (χ1) is 8.88. The zero-order chi connectivity index (χ0) is 12.4. The quantitative estimate of drug-likeness (QED) is 0.797. The van der Waals surface area contributed by atoms with Crippen LogP contribution in [0, 0.1) is 0 Å². The van der Waals surface area contributed by atoms with Gasteiger partial charge in [-0.1, -0.05) is 17.3 Å². The van der Waals surface area contributed by atoms with Crippen molar-refractivity contribution < 1.29 is 4.52 Å². The van der Waals surface area contributed by atoms with Gasteiger partial charge in [0.05, 0.1) is 5.39 Å². The maximum Gasteiger partial charge on any atom is 0.180 e. The number of alkyl halides is 1. The summed E-state index contributed by atoms with van der Waals surface area (Å²) in [6, 6.07) is 8.00. The molecule has 3 rings (SSSR count). The number of hydrogen-bond donors (Lipinski definition) is 0. The van der Waals surface area contributed by atoms with Crippen molar-refractivity contribution in [2.24, 2.45) is 0 Å². The maximum absolute atomic E-state index is 5.77. The number of nitrogens with zero attached hydrogens (tertiary/aromatic N) is 3. The van der Waals surface area contributed by atoms with Crippen molar-refractivity contribution in [2.75, 3.05) is 43.5 Å². The standard InChI is InChI=1S/C13H16ClN3O/c14-5-6-16-7-9-17(10-8-16)13-11-3-1-2-4-12(11)18-15-13/h1-4H,5-10H2. The Hall–Kier alpha value is -1.26. The van der Waals surface area contributed by atoms with Crippen LogP contribution in [0.1, 0.15) is 0 Å². The summed E-state index contributed by atoms with van der Waals surface area (Å²) in [5.41, 5.74) is 0.857. The second-order valence-electron chi connectivity index (χ2n) is 4.52. The molecule has 96 valence electrons. The van der Waals surface area contributed by atoms with Gasteiger partial charge in [-0.3, -0.25) is 4.90 Å². The largest absolute Gasteiger partial charge is 0.354 e. The van der Waals surface area contributed by atoms with E-state index in [4.69, 9.17) is 16.1 Å². The minimum Gasteiger partial charge on any atom is -0.354 e. The monoisotopic (exact) mass is 265 g/mol. The van der Waals surface area contributed by atoms with Gasteiger partial charge in [0.1, 0.15) is 0 Å². The molecule has 0 N–H and O–H groups in total. The van der Waals surface area contributed by atoms with Gasteiger partial charge in [-0.15, -0.1) is 11.6 Å². The molecule has 5 heteroatoms. The second-order valence-corrected chi connectivity index (χ2v) is 4.90. The van der Waals surface area contributed by atoms with E-state index in [0.29, 0.717) is 5.88 Å². The molecule has 0 unspecified atom stereocenters. The van der Waals surface area contributed by atoms with E-state index in [9.17, 15) is 0 Å². The summed E-state index contributed by atoms with van der Waals surface area (Å²) in [6.45, 7) is 5.00. The maximum atomic E-state index is 5.77. The van der Waals surface area contributed by atoms with Crippen LogP contribution in [0.2, 0.25) is 0 Å². The molecule has 4 nitrogen and oxygen atoms in total. The number of rotatable bonds is 3. The van der Waals surface area contributed by atoms with E-state index in [1.165, 1.54) is 0 Å². The van der Waals surface area contributed by atoms with Gasteiger partial charge < -0.3 is 9.42 Å². The van der Waals surface area contributed by atoms with Gasteiger partial charge in [-0.25, -0.2) is 0 Å². The zero-order valence-corrected chi connectivity index (χ0v) is 10.9. The van der Waals surface area contributed by atoms with Gasteiger partial charge in [0.25, 0.3) is 0 Å². The fourth-order valence-electron chi connectivity index (χ4n) is 2.40. The Morgan fingerprint density at radius 1 is 1.17 bits per heavy atom. The van der Waals surface area contributed by atoms with Crippen LogP contribution < -0.4 is 4.90 Å². The van der Waals surface area contributed by atoms with Crippen molar-refractivity contribution in [3.63, 3.8) is 0 Å². The Morgan fingerprint density at radius 2 is 1.94 bits per heavy atom. The Kier molecular flexibility index (Phi) is 3.39. The van der Waals surface area contributed by atoms with Crippen molar-refractivity contribution in [3.8, 4) is 0 Å². The molecular formula is C13H16ClN3O. The molecule has 1 fully saturated rings. The smallest absolute Gasteiger partial charge is 0.180 e. The first-order valence-corrected chi connectivity index (χ1v) is 6.79. The summed E-state index contributed by atoms with van der Waals surface area (Å²) >= 11 is 5.77. The van der Waals surface area contributed by atoms with Gasteiger partial charge in [0, 0.05) is 38.6 Å². The molecule has 0 spiro atoms. The predicted octanol–water partition coefficient (Wildman–Crippen LogP) is 2.19. The zero-order valence-electron chi connectivity index (χ0n) is 10.2. The second kappa shape index (κ2) is 5.16. The van der Waals surface area contributed by atoms with Gasteiger partial charge in [0.15, 0.2) is 11.4 Å². The number of hydrogen-bond acceptors (Lipinski definition) is 4. The third-order valence-corrected chi connectivity index (χ3v) is 3.60. The van der Waals surface area contributed by atoms with Crippen molar-refractivity contribution in [1.82, 2.24) is 10.1 Å². The van der Waals surface area contributed by atoms with Gasteiger partial charge in [0.2, 0.25) is 0 Å². The predicted molar refractivity (Wildman–Crippen MR) is 73.4 cm³/mol. The number of fused-ring (bicyclic) bond motifs is 1. The fourth-order valence-corrected chi connectivity index (χ4v) is 2.64. The summed E-state index contributed by atoms with van der Waals surface area (Å²) in [6.07, 6.45) is 0. The number of benzene rings is 1. The Balaban J connectivity index is 1.76. The van der Waals surface area contributed by atoms with Crippen LogP contribution in [-0.4, -0.2) is 48.7 Å². The molecule has 0 atom stereocenters. The van der Waals surface area contributed by atoms with E-state index < -0.39 is 0 Å². The van der Waals surface area contributed by atoms with Gasteiger partial charge >= 0.3 is 0 Å². The molecule has 0 bridgehead atoms. The summed E-state index contributed by atoms with van der Waals surface area (Å²) in [5, 5.41) is 5.30. The van der Waals surface area contributed by atoms with Crippen LogP contribution >= 0.6 is 11.6 Å². The molecule has 0 aliphatic carbocycles. The molecule has 2 aromatic rings. The highest BCUT2D eigenvalue weighted by Gasteiger charge is 2.20. The minimum absolute atomic E-state index is 0.701. The van der Waals surface area contributed by atoms with E-state index in [2.05, 4.69) is 21.0 Å². The van der Waals surface area contributed by atoms with Crippen LogP contribution in [0.25, 0.3) is 11.0 Å². The fraction of sp³-hybridized carbons (Fsp3) is 0.462. The lowest BCUT2D eigenvalue weighted by Gasteiger charge is -2.34. The van der Waals surface area contributed by atoms with Crippen LogP contribution in [0.15, 0.2) is 28.8 Å². The molecule has 1 aliphatic rings. The molecule has 0 saturated carbocycles. The molecule has 1 aromatic heterocycles. The number of aromatic nitrogens is 1. The Bertz CT molecular complexity index is 520. The third kappa shape index (κ3) is 2.18. The van der Waals surface area contributed by atoms with Crippen molar-refractivity contribution >= 4 is 28.4 Å². The first-order valence-electron chi connectivity index (χ1n) is 6.26. The molecular weight excluding hydrogens is 250 g/mol. The highest BCUT2D eigenvalue weighted by Crippen LogP contribution is 2.26. The highest BCUT2D eigenvalue weighted by atomic mass is 35.5. The van der Waals surface area contributed by atoms with E-state index in [1.807, 2.05) is 18.2 Å². The lowest BCUT2D eigenvalue weighted by atomic mass is 10.2. The average molecular weight is 266 g/mol. The number of para-hydroxylation sites is 1. The van der Waals surface area contributed by atoms with Crippen molar-refractivity contribution in [3.05, 3.63) is 24.3 Å². The van der Waals surface area contributed by atoms with E-state index >= 15 is 0 Å². The summed E-state index contributed by atoms with van der Waals surface area (Å²) in [4.78, 5) is 4.67. The van der Waals surface area contributed by atoms with Gasteiger partial charge in [-0.2, -0.15) is 0 Å².